The van der Waals surface area contributed by atoms with Gasteiger partial charge in [0.2, 0.25) is 0 Å². The fraction of sp³-hybridized carbons (Fsp3) is 0.965. The number of aliphatic hydroxyl groups excluding tert-OH is 15. The summed E-state index contributed by atoms with van der Waals surface area (Å²) >= 11 is 0. The second-order valence-electron chi connectivity index (χ2n) is 26.9. The van der Waals surface area contributed by atoms with Crippen molar-refractivity contribution in [2.24, 2.45) is 46.3 Å². The van der Waals surface area contributed by atoms with E-state index in [1.54, 1.807) is 0 Å². The van der Waals surface area contributed by atoms with Crippen LogP contribution in [-0.4, -0.2) is 286 Å². The minimum Gasteiger partial charge on any atom is -0.394 e. The second-order valence-corrected chi connectivity index (χ2v) is 26.9. The molecule has 3 saturated carbocycles. The van der Waals surface area contributed by atoms with Gasteiger partial charge in [0.15, 0.2) is 31.5 Å². The van der Waals surface area contributed by atoms with Gasteiger partial charge in [-0.3, -0.25) is 4.90 Å². The topological polar surface area (TPSA) is 399 Å². The van der Waals surface area contributed by atoms with E-state index in [0.29, 0.717) is 59.9 Å². The highest BCUT2D eigenvalue weighted by Gasteiger charge is 2.67. The molecule has 0 amide bonds. The maximum atomic E-state index is 12.5. The van der Waals surface area contributed by atoms with Gasteiger partial charge in [0.25, 0.3) is 0 Å². The molecule has 0 radical (unpaired) electrons. The predicted octanol–water partition coefficient (Wildman–Crippen LogP) is -4.20. The monoisotopic (exact) mass is 1190 g/mol. The van der Waals surface area contributed by atoms with Crippen molar-refractivity contribution in [3.63, 3.8) is 0 Å². The zero-order chi connectivity index (χ0) is 59.5. The van der Waals surface area contributed by atoms with Gasteiger partial charge in [0.1, 0.15) is 116 Å². The summed E-state index contributed by atoms with van der Waals surface area (Å²) in [4.78, 5) is 2.91. The summed E-state index contributed by atoms with van der Waals surface area (Å²) in [5.41, 5.74) is 1.52. The van der Waals surface area contributed by atoms with Gasteiger partial charge < -0.3 is 124 Å². The van der Waals surface area contributed by atoms with Crippen molar-refractivity contribution < 1.29 is 124 Å². The second kappa shape index (κ2) is 24.8. The maximum absolute atomic E-state index is 12.5. The van der Waals surface area contributed by atoms with E-state index in [1.165, 1.54) is 44.7 Å². The number of fused-ring (bicyclic) bond motifs is 9. The zero-order valence-corrected chi connectivity index (χ0v) is 47.8. The normalized spacial score (nSPS) is 56.5. The van der Waals surface area contributed by atoms with Crippen LogP contribution >= 0.6 is 0 Å². The Morgan fingerprint density at radius 2 is 1.10 bits per heavy atom. The number of aliphatic hydroxyl groups is 15. The van der Waals surface area contributed by atoms with Crippen molar-refractivity contribution in [1.82, 2.24) is 4.90 Å². The molecule has 11 aliphatic rings. The first-order chi connectivity index (χ1) is 39.4. The van der Waals surface area contributed by atoms with E-state index in [9.17, 15) is 76.6 Å². The molecular weight excluding hydrogens is 1100 g/mol. The van der Waals surface area contributed by atoms with E-state index >= 15 is 0 Å². The Morgan fingerprint density at radius 3 is 1.80 bits per heavy atom. The van der Waals surface area contributed by atoms with E-state index < -0.39 is 186 Å². The molecule has 83 heavy (non-hydrogen) atoms. The molecular formula is C57H93NO25. The van der Waals surface area contributed by atoms with Crippen LogP contribution < -0.4 is 0 Å². The molecule has 7 heterocycles. The van der Waals surface area contributed by atoms with Crippen LogP contribution in [0.2, 0.25) is 0 Å². The molecule has 26 heteroatoms. The van der Waals surface area contributed by atoms with E-state index in [0.717, 1.165) is 25.2 Å². The Morgan fingerprint density at radius 1 is 0.518 bits per heavy atom. The Labute approximate surface area is 482 Å². The molecule has 11 rings (SSSR count). The third-order valence-corrected chi connectivity index (χ3v) is 22.2. The van der Waals surface area contributed by atoms with E-state index in [2.05, 4.69) is 38.7 Å². The minimum atomic E-state index is -2.10. The number of ether oxygens (including phenoxy) is 10. The molecule has 36 atom stereocenters. The lowest BCUT2D eigenvalue weighted by Crippen LogP contribution is -2.68. The van der Waals surface area contributed by atoms with Gasteiger partial charge in [0.05, 0.1) is 38.6 Å². The van der Waals surface area contributed by atoms with Crippen molar-refractivity contribution in [2.75, 3.05) is 33.0 Å². The average molecular weight is 1190 g/mol. The molecule has 15 N–H and O–H groups in total. The van der Waals surface area contributed by atoms with Crippen LogP contribution in [-0.2, 0) is 47.4 Å². The van der Waals surface area contributed by atoms with Crippen LogP contribution in [0, 0.1) is 46.3 Å². The van der Waals surface area contributed by atoms with Gasteiger partial charge in [-0.2, -0.15) is 0 Å². The van der Waals surface area contributed by atoms with Gasteiger partial charge in [-0.15, -0.1) is 0 Å². The Kier molecular flexibility index (Phi) is 18.9. The SMILES string of the molecule is C[C@@H]1CC[C@@H]2[C@@H](C)[C@H]3[C@H](C[C@H]4[C@H]5CC=C6C[C@H](O[C@H]7O[C@@H](CO)[C@H](O[C@H]8O[C@@H](CO)[C@H](O)[C@@H](O[C@H]9O[C@@H](CO[C@H]%10O[C@@H](CO)[C@H](O)[C@@H](O)[C@@H]%10O)[C@H](O)[C@@H](O)[C@@H]9O)[C@@H]8O)[C@@H](O)[C@@H]7O[C@H]7O[C@@H](C)[C@H](O)[C@@H](O)[C@@H]7O)CC[C@@]6(C)[C@@H]5CC[C@@]34C)N2C1. The number of nitrogens with zero attached hydrogens (tertiary/aromatic N) is 1. The molecule has 26 nitrogen and oxygen atoms in total. The Balaban J connectivity index is 0.789. The standard InChI is InChI=1S/C57H93NO25/c1-21-6-9-29-22(2)35-30(58(29)16-21)15-28-26-8-7-24-14-25(10-12-56(24,4)27(26)11-13-57(28,35)5)76-55-50(83-52-44(70)40(66)36(62)23(3)75-52)46(72)48(33(19-61)79-55)81-54-47(73)49(39(65)32(18-60)78-54)82-53-45(71)42(68)38(64)34(80-53)20-74-51-43(69)41(67)37(63)31(17-59)77-51/h7,21-23,25-55,59-73H,6,8-20H2,1-5H3/t21-,22-,23+,25-,26+,27-,28+,29-,30+,31+,32+,33+,34+,35+,36+,37+,38+,39+,40-,41-,42-,43+,44+,45+,46-,47+,48+,49-,50+,51+,52-,53-,54-,55+,56-,57-/m1/s1. The van der Waals surface area contributed by atoms with Crippen LogP contribution in [0.15, 0.2) is 11.6 Å². The molecule has 0 spiro atoms. The third-order valence-electron chi connectivity index (χ3n) is 22.2. The first-order valence-electron chi connectivity index (χ1n) is 30.4. The average Bonchev–Trinajstić information content (AvgIpc) is 2.41. The molecule has 0 aromatic heterocycles. The molecule has 0 bridgehead atoms. The van der Waals surface area contributed by atoms with Gasteiger partial charge in [-0.25, -0.2) is 0 Å². The van der Waals surface area contributed by atoms with E-state index in [4.69, 9.17) is 47.4 Å². The van der Waals surface area contributed by atoms with Crippen LogP contribution in [0.1, 0.15) is 92.4 Å². The summed E-state index contributed by atoms with van der Waals surface area (Å²) in [7, 11) is 0. The molecule has 0 aromatic rings. The Bertz CT molecular complexity index is 2220. The highest BCUT2D eigenvalue weighted by molar-refractivity contribution is 5.27. The smallest absolute Gasteiger partial charge is 0.187 e. The van der Waals surface area contributed by atoms with Crippen molar-refractivity contribution in [1.29, 1.82) is 0 Å². The summed E-state index contributed by atoms with van der Waals surface area (Å²) in [5, 5.41) is 163. The molecule has 4 aliphatic carbocycles. The fourth-order valence-electron chi connectivity index (χ4n) is 17.6. The van der Waals surface area contributed by atoms with E-state index in [1.807, 2.05) is 0 Å². The number of allylic oxidation sites excluding steroid dienone is 1. The molecule has 0 aromatic carbocycles. The summed E-state index contributed by atoms with van der Waals surface area (Å²) in [6.45, 7) is 9.36. The van der Waals surface area contributed by atoms with Crippen LogP contribution in [0.3, 0.4) is 0 Å². The number of hydrogen-bond acceptors (Lipinski definition) is 26. The third kappa shape index (κ3) is 11.2. The van der Waals surface area contributed by atoms with Gasteiger partial charge in [-0.05, 0) is 111 Å². The largest absolute Gasteiger partial charge is 0.394 e. The fourth-order valence-corrected chi connectivity index (χ4v) is 17.6. The quantitative estimate of drug-likeness (QED) is 0.0734. The van der Waals surface area contributed by atoms with Crippen LogP contribution in [0.25, 0.3) is 0 Å². The summed E-state index contributed by atoms with van der Waals surface area (Å²) < 4.78 is 59.8. The Hall–Kier alpha value is -1.30. The lowest BCUT2D eigenvalue weighted by atomic mass is 9.47. The number of piperidine rings is 1. The highest BCUT2D eigenvalue weighted by Crippen LogP contribution is 2.70. The summed E-state index contributed by atoms with van der Waals surface area (Å²) in [5.74, 6) is 3.82. The lowest BCUT2D eigenvalue weighted by Gasteiger charge is -2.58. The number of rotatable bonds is 14. The first kappa shape index (κ1) is 63.3. The van der Waals surface area contributed by atoms with Gasteiger partial charge in [0, 0.05) is 18.6 Å². The summed E-state index contributed by atoms with van der Waals surface area (Å²) in [6.07, 6.45) is -32.3. The molecule has 7 saturated heterocycles. The summed E-state index contributed by atoms with van der Waals surface area (Å²) in [6, 6.07) is 1.33. The van der Waals surface area contributed by atoms with Crippen LogP contribution in [0.5, 0.6) is 0 Å². The molecule has 0 unspecified atom stereocenters. The first-order valence-corrected chi connectivity index (χ1v) is 30.4. The number of hydrogen-bond donors (Lipinski definition) is 15. The van der Waals surface area contributed by atoms with Crippen molar-refractivity contribution in [3.8, 4) is 0 Å². The zero-order valence-electron chi connectivity index (χ0n) is 47.8. The molecule has 7 aliphatic heterocycles. The van der Waals surface area contributed by atoms with Crippen molar-refractivity contribution in [2.45, 2.75) is 264 Å². The molecule has 10 fully saturated rings. The lowest BCUT2D eigenvalue weighted by molar-refractivity contribution is -0.397. The van der Waals surface area contributed by atoms with Crippen molar-refractivity contribution in [3.05, 3.63) is 11.6 Å². The van der Waals surface area contributed by atoms with Crippen molar-refractivity contribution >= 4 is 0 Å². The predicted molar refractivity (Wildman–Crippen MR) is 280 cm³/mol. The maximum Gasteiger partial charge on any atom is 0.187 e. The molecule has 476 valence electrons. The van der Waals surface area contributed by atoms with E-state index in [-0.39, 0.29) is 5.41 Å². The minimum absolute atomic E-state index is 0.0732. The van der Waals surface area contributed by atoms with Gasteiger partial charge in [-0.1, -0.05) is 39.3 Å². The highest BCUT2D eigenvalue weighted by atomic mass is 16.8. The van der Waals surface area contributed by atoms with Gasteiger partial charge >= 0.3 is 0 Å². The van der Waals surface area contributed by atoms with Crippen LogP contribution in [0.4, 0.5) is 0 Å².